The number of nitrogens with zero attached hydrogens (tertiary/aromatic N) is 1. The number of ether oxygens (including phenoxy) is 3. The second-order valence-electron chi connectivity index (χ2n) is 6.43. The lowest BCUT2D eigenvalue weighted by atomic mass is 10.1. The van der Waals surface area contributed by atoms with E-state index in [1.165, 1.54) is 12.0 Å². The predicted molar refractivity (Wildman–Crippen MR) is 106 cm³/mol. The molecule has 0 aliphatic carbocycles. The lowest BCUT2D eigenvalue weighted by Gasteiger charge is -2.14. The van der Waals surface area contributed by atoms with Gasteiger partial charge in [-0.05, 0) is 42.3 Å². The molecule has 7 heteroatoms. The van der Waals surface area contributed by atoms with Crippen LogP contribution in [-0.2, 0) is 11.3 Å². The summed E-state index contributed by atoms with van der Waals surface area (Å²) in [5.41, 5.74) is 2.33. The number of nitrogens with one attached hydrogen (secondary N) is 1. The molecule has 2 aromatic carbocycles. The highest BCUT2D eigenvalue weighted by atomic mass is 16.5. The van der Waals surface area contributed by atoms with Crippen molar-refractivity contribution in [2.75, 3.05) is 34.9 Å². The van der Waals surface area contributed by atoms with Crippen LogP contribution in [0.5, 0.6) is 17.2 Å². The van der Waals surface area contributed by atoms with Gasteiger partial charge in [0.15, 0.2) is 18.1 Å². The number of carbonyl (C=O) groups excluding carboxylic acids is 2. The average Bonchev–Trinajstić information content (AvgIpc) is 2.70. The molecule has 0 heterocycles. The van der Waals surface area contributed by atoms with Crippen molar-refractivity contribution in [3.05, 3.63) is 53.1 Å². The van der Waals surface area contributed by atoms with Crippen LogP contribution in [0.2, 0.25) is 0 Å². The molecule has 7 nitrogen and oxygen atoms in total. The molecule has 0 atom stereocenters. The molecule has 1 N–H and O–H groups in total. The minimum Gasteiger partial charge on any atom is -0.496 e. The molecular formula is C21H26N2O5. The highest BCUT2D eigenvalue weighted by molar-refractivity contribution is 5.94. The van der Waals surface area contributed by atoms with Crippen LogP contribution in [0.25, 0.3) is 0 Å². The van der Waals surface area contributed by atoms with Gasteiger partial charge in [-0.25, -0.2) is 0 Å². The van der Waals surface area contributed by atoms with E-state index in [2.05, 4.69) is 5.32 Å². The zero-order valence-corrected chi connectivity index (χ0v) is 16.9. The summed E-state index contributed by atoms with van der Waals surface area (Å²) < 4.78 is 16.1. The third kappa shape index (κ3) is 5.39. The lowest BCUT2D eigenvalue weighted by Crippen LogP contribution is -2.27. The number of amides is 2. The summed E-state index contributed by atoms with van der Waals surface area (Å²) >= 11 is 0. The highest BCUT2D eigenvalue weighted by Crippen LogP contribution is 2.28. The Balaban J connectivity index is 2.02. The Labute approximate surface area is 165 Å². The van der Waals surface area contributed by atoms with E-state index in [1.54, 1.807) is 45.5 Å². The quantitative estimate of drug-likeness (QED) is 0.754. The first-order chi connectivity index (χ1) is 13.3. The maximum atomic E-state index is 12.4. The van der Waals surface area contributed by atoms with Crippen LogP contribution in [0.4, 0.5) is 0 Å². The number of hydrogen-bond donors (Lipinski definition) is 1. The number of aryl methyl sites for hydroxylation is 1. The highest BCUT2D eigenvalue weighted by Gasteiger charge is 2.12. The van der Waals surface area contributed by atoms with Gasteiger partial charge in [-0.3, -0.25) is 9.59 Å². The van der Waals surface area contributed by atoms with Crippen LogP contribution >= 0.6 is 0 Å². The van der Waals surface area contributed by atoms with E-state index in [0.29, 0.717) is 29.4 Å². The van der Waals surface area contributed by atoms with E-state index < -0.39 is 0 Å². The van der Waals surface area contributed by atoms with Gasteiger partial charge in [0.25, 0.3) is 11.8 Å². The van der Waals surface area contributed by atoms with Crippen molar-refractivity contribution in [2.45, 2.75) is 13.5 Å². The lowest BCUT2D eigenvalue weighted by molar-refractivity contribution is -0.130. The number of methoxy groups -OCH3 is 2. The molecule has 0 aliphatic rings. The van der Waals surface area contributed by atoms with Crippen molar-refractivity contribution in [2.24, 2.45) is 0 Å². The first-order valence-electron chi connectivity index (χ1n) is 8.78. The van der Waals surface area contributed by atoms with E-state index in [9.17, 15) is 9.59 Å². The topological polar surface area (TPSA) is 77.1 Å². The van der Waals surface area contributed by atoms with Gasteiger partial charge in [0.05, 0.1) is 14.2 Å². The van der Waals surface area contributed by atoms with Crippen molar-refractivity contribution in [3.8, 4) is 17.2 Å². The van der Waals surface area contributed by atoms with Crippen molar-refractivity contribution >= 4 is 11.8 Å². The van der Waals surface area contributed by atoms with Crippen LogP contribution in [-0.4, -0.2) is 51.6 Å². The molecule has 0 unspecified atom stereocenters. The molecule has 28 heavy (non-hydrogen) atoms. The van der Waals surface area contributed by atoms with Gasteiger partial charge in [-0.15, -0.1) is 0 Å². The smallest absolute Gasteiger partial charge is 0.259 e. The van der Waals surface area contributed by atoms with Crippen LogP contribution in [0.1, 0.15) is 21.5 Å². The summed E-state index contributed by atoms with van der Waals surface area (Å²) in [4.78, 5) is 25.5. The molecule has 2 amide bonds. The zero-order valence-electron chi connectivity index (χ0n) is 16.9. The Hall–Kier alpha value is -3.22. The molecule has 0 aliphatic heterocycles. The summed E-state index contributed by atoms with van der Waals surface area (Å²) in [5, 5.41) is 2.87. The Morgan fingerprint density at radius 2 is 1.68 bits per heavy atom. The van der Waals surface area contributed by atoms with E-state index in [1.807, 2.05) is 19.1 Å². The maximum Gasteiger partial charge on any atom is 0.259 e. The standard InChI is InChI=1S/C21H26N2O5/c1-14-6-8-16(11-18(14)26-4)21(25)22-12-15-7-9-17(19(10-15)27-5)28-13-20(24)23(2)3/h6-11H,12-13H2,1-5H3,(H,22,25). The van der Waals surface area contributed by atoms with Crippen molar-refractivity contribution < 1.29 is 23.8 Å². The third-order valence-corrected chi connectivity index (χ3v) is 4.20. The minimum atomic E-state index is -0.200. The van der Waals surface area contributed by atoms with Crippen molar-refractivity contribution in [3.63, 3.8) is 0 Å². The van der Waals surface area contributed by atoms with Gasteiger partial charge in [0.2, 0.25) is 0 Å². The SMILES string of the molecule is COc1cc(C(=O)NCc2ccc(OCC(=O)N(C)C)c(OC)c2)ccc1C. The first kappa shape index (κ1) is 21.1. The first-order valence-corrected chi connectivity index (χ1v) is 8.78. The Kier molecular flexibility index (Phi) is 7.26. The van der Waals surface area contributed by atoms with Crippen LogP contribution < -0.4 is 19.5 Å². The fourth-order valence-corrected chi connectivity index (χ4v) is 2.46. The monoisotopic (exact) mass is 386 g/mol. The number of rotatable bonds is 8. The maximum absolute atomic E-state index is 12.4. The van der Waals surface area contributed by atoms with Crippen molar-refractivity contribution in [1.29, 1.82) is 0 Å². The van der Waals surface area contributed by atoms with Crippen LogP contribution in [0.15, 0.2) is 36.4 Å². The number of hydrogen-bond acceptors (Lipinski definition) is 5. The van der Waals surface area contributed by atoms with Crippen molar-refractivity contribution in [1.82, 2.24) is 10.2 Å². The molecular weight excluding hydrogens is 360 g/mol. The molecule has 150 valence electrons. The Bertz CT molecular complexity index is 849. The molecule has 0 spiro atoms. The normalized spacial score (nSPS) is 10.2. The second-order valence-corrected chi connectivity index (χ2v) is 6.43. The molecule has 0 fully saturated rings. The average molecular weight is 386 g/mol. The van der Waals surface area contributed by atoms with Gasteiger partial charge >= 0.3 is 0 Å². The van der Waals surface area contributed by atoms with Gasteiger partial charge in [0, 0.05) is 26.2 Å². The van der Waals surface area contributed by atoms with Gasteiger partial charge in [-0.2, -0.15) is 0 Å². The third-order valence-electron chi connectivity index (χ3n) is 4.20. The zero-order chi connectivity index (χ0) is 20.7. The predicted octanol–water partition coefficient (Wildman–Crippen LogP) is 2.41. The Morgan fingerprint density at radius 3 is 2.32 bits per heavy atom. The fourth-order valence-electron chi connectivity index (χ4n) is 2.46. The molecule has 0 radical (unpaired) electrons. The molecule has 0 saturated carbocycles. The molecule has 0 aromatic heterocycles. The minimum absolute atomic E-state index is 0.0747. The van der Waals surface area contributed by atoms with Gasteiger partial charge < -0.3 is 24.4 Å². The van der Waals surface area contributed by atoms with E-state index >= 15 is 0 Å². The number of benzene rings is 2. The fraction of sp³-hybridized carbons (Fsp3) is 0.333. The summed E-state index contributed by atoms with van der Waals surface area (Å²) in [6.07, 6.45) is 0. The number of likely N-dealkylation sites (N-methyl/N-ethyl adjacent to an activating group) is 1. The summed E-state index contributed by atoms with van der Waals surface area (Å²) in [5.74, 6) is 1.29. The number of carbonyl (C=O) groups is 2. The summed E-state index contributed by atoms with van der Waals surface area (Å²) in [6, 6.07) is 10.6. The van der Waals surface area contributed by atoms with Crippen LogP contribution in [0.3, 0.4) is 0 Å². The van der Waals surface area contributed by atoms with Gasteiger partial charge in [-0.1, -0.05) is 12.1 Å². The van der Waals surface area contributed by atoms with Gasteiger partial charge in [0.1, 0.15) is 5.75 Å². The van der Waals surface area contributed by atoms with E-state index in [4.69, 9.17) is 14.2 Å². The summed E-state index contributed by atoms with van der Waals surface area (Å²) in [6.45, 7) is 2.17. The second kappa shape index (κ2) is 9.64. The molecule has 2 rings (SSSR count). The largest absolute Gasteiger partial charge is 0.496 e. The van der Waals surface area contributed by atoms with Crippen LogP contribution in [0, 0.1) is 6.92 Å². The Morgan fingerprint density at radius 1 is 0.964 bits per heavy atom. The van der Waals surface area contributed by atoms with E-state index in [-0.39, 0.29) is 18.4 Å². The van der Waals surface area contributed by atoms with E-state index in [0.717, 1.165) is 11.1 Å². The molecule has 2 aromatic rings. The summed E-state index contributed by atoms with van der Waals surface area (Å²) in [7, 11) is 6.43. The molecule has 0 bridgehead atoms. The molecule has 0 saturated heterocycles.